The van der Waals surface area contributed by atoms with Gasteiger partial charge in [-0.2, -0.15) is 0 Å². The van der Waals surface area contributed by atoms with Gasteiger partial charge in [0, 0.05) is 1.37 Å². The number of hydrogen-bond acceptors (Lipinski definition) is 0. The van der Waals surface area contributed by atoms with Crippen molar-refractivity contribution in [1.82, 2.24) is 0 Å². The van der Waals surface area contributed by atoms with E-state index >= 15 is 0 Å². The van der Waals surface area contributed by atoms with Crippen LogP contribution >= 0.6 is 0 Å². The molecule has 0 N–H and O–H groups in total. The SMILES string of the molecule is [2H]C(C)(C)c1cccc(C(C)(C)C)c1C(C)C. The zero-order valence-electron chi connectivity index (χ0n) is 12.8. The van der Waals surface area contributed by atoms with E-state index in [1.807, 2.05) is 13.8 Å². The van der Waals surface area contributed by atoms with Gasteiger partial charge in [0.1, 0.15) is 0 Å². The zero-order valence-corrected chi connectivity index (χ0v) is 11.8. The molecule has 0 heterocycles. The highest BCUT2D eigenvalue weighted by Crippen LogP contribution is 2.35. The molecule has 0 aliphatic heterocycles. The molecule has 90 valence electrons. The summed E-state index contributed by atoms with van der Waals surface area (Å²) in [5.74, 6) is -0.0639. The summed E-state index contributed by atoms with van der Waals surface area (Å²) in [5, 5.41) is 0. The van der Waals surface area contributed by atoms with Crippen LogP contribution in [0.2, 0.25) is 0 Å². The van der Waals surface area contributed by atoms with Crippen LogP contribution in [0.3, 0.4) is 0 Å². The summed E-state index contributed by atoms with van der Waals surface area (Å²) in [5.41, 5.74) is 4.05. The maximum atomic E-state index is 8.31. The van der Waals surface area contributed by atoms with Gasteiger partial charge in [-0.3, -0.25) is 0 Å². The van der Waals surface area contributed by atoms with Crippen molar-refractivity contribution in [2.45, 2.75) is 65.7 Å². The molecule has 0 bridgehead atoms. The van der Waals surface area contributed by atoms with Crippen LogP contribution in [0.25, 0.3) is 0 Å². The van der Waals surface area contributed by atoms with Gasteiger partial charge in [-0.15, -0.1) is 0 Å². The Bertz CT molecular complexity index is 357. The Morgan fingerprint density at radius 1 is 1.06 bits per heavy atom. The lowest BCUT2D eigenvalue weighted by Crippen LogP contribution is -2.16. The summed E-state index contributed by atoms with van der Waals surface area (Å²) in [6, 6.07) is 6.42. The summed E-state index contributed by atoms with van der Waals surface area (Å²) in [6.45, 7) is 15.1. The van der Waals surface area contributed by atoms with E-state index in [0.29, 0.717) is 5.92 Å². The first kappa shape index (κ1) is 11.7. The first-order chi connectivity index (χ1) is 7.55. The Hall–Kier alpha value is -0.780. The molecule has 16 heavy (non-hydrogen) atoms. The lowest BCUT2D eigenvalue weighted by atomic mass is 9.77. The van der Waals surface area contributed by atoms with Crippen molar-refractivity contribution in [2.75, 3.05) is 0 Å². The number of hydrogen-bond donors (Lipinski definition) is 0. The second-order valence-electron chi connectivity index (χ2n) is 6.17. The van der Waals surface area contributed by atoms with Crippen LogP contribution in [0.4, 0.5) is 0 Å². The fourth-order valence-corrected chi connectivity index (χ4v) is 2.28. The largest absolute Gasteiger partial charge is 0.0617 e. The van der Waals surface area contributed by atoms with E-state index in [2.05, 4.69) is 52.8 Å². The van der Waals surface area contributed by atoms with Gasteiger partial charge in [-0.25, -0.2) is 0 Å². The molecule has 1 rings (SSSR count). The van der Waals surface area contributed by atoms with Gasteiger partial charge in [0.05, 0.1) is 0 Å². The smallest absolute Gasteiger partial charge is 0.0347 e. The summed E-state index contributed by atoms with van der Waals surface area (Å²) < 4.78 is 8.31. The fraction of sp³-hybridized carbons (Fsp3) is 0.625. The molecule has 0 radical (unpaired) electrons. The first-order valence-corrected chi connectivity index (χ1v) is 6.19. The zero-order chi connectivity index (χ0) is 13.4. The molecule has 0 nitrogen and oxygen atoms in total. The Balaban J connectivity index is 3.55. The Kier molecular flexibility index (Phi) is 3.37. The van der Waals surface area contributed by atoms with Gasteiger partial charge in [0.25, 0.3) is 0 Å². The number of rotatable bonds is 2. The van der Waals surface area contributed by atoms with Crippen molar-refractivity contribution in [3.05, 3.63) is 34.9 Å². The minimum atomic E-state index is -0.527. The topological polar surface area (TPSA) is 0 Å². The van der Waals surface area contributed by atoms with Crippen molar-refractivity contribution >= 4 is 0 Å². The van der Waals surface area contributed by atoms with Gasteiger partial charge in [-0.05, 0) is 33.9 Å². The van der Waals surface area contributed by atoms with Crippen LogP contribution in [0.1, 0.15) is 78.3 Å². The maximum absolute atomic E-state index is 8.31. The maximum Gasteiger partial charge on any atom is 0.0347 e. The van der Waals surface area contributed by atoms with E-state index < -0.39 is 5.89 Å². The molecule has 0 fully saturated rings. The summed E-state index contributed by atoms with van der Waals surface area (Å²) in [4.78, 5) is 0. The molecular formula is C16H26. The lowest BCUT2D eigenvalue weighted by molar-refractivity contribution is 0.573. The molecule has 0 spiro atoms. The van der Waals surface area contributed by atoms with Crippen molar-refractivity contribution in [1.29, 1.82) is 0 Å². The predicted molar refractivity (Wildman–Crippen MR) is 73.3 cm³/mol. The first-order valence-electron chi connectivity index (χ1n) is 6.69. The van der Waals surface area contributed by atoms with Crippen LogP contribution in [0.15, 0.2) is 18.2 Å². The van der Waals surface area contributed by atoms with Gasteiger partial charge < -0.3 is 0 Å². The Morgan fingerprint density at radius 3 is 2.00 bits per heavy atom. The van der Waals surface area contributed by atoms with E-state index in [0.717, 1.165) is 0 Å². The van der Waals surface area contributed by atoms with Gasteiger partial charge in [-0.1, -0.05) is 66.7 Å². The van der Waals surface area contributed by atoms with Crippen LogP contribution in [-0.2, 0) is 5.41 Å². The molecule has 0 atom stereocenters. The molecule has 1 aromatic carbocycles. The third-order valence-electron chi connectivity index (χ3n) is 3.03. The number of benzene rings is 1. The van der Waals surface area contributed by atoms with Gasteiger partial charge >= 0.3 is 0 Å². The summed E-state index contributed by atoms with van der Waals surface area (Å²) >= 11 is 0. The monoisotopic (exact) mass is 219 g/mol. The van der Waals surface area contributed by atoms with E-state index in [1.165, 1.54) is 16.7 Å². The molecular weight excluding hydrogens is 192 g/mol. The van der Waals surface area contributed by atoms with Crippen molar-refractivity contribution in [3.8, 4) is 0 Å². The molecule has 1 aromatic rings. The van der Waals surface area contributed by atoms with Crippen LogP contribution < -0.4 is 0 Å². The average Bonchev–Trinajstić information content (AvgIpc) is 2.13. The van der Waals surface area contributed by atoms with Crippen LogP contribution in [0, 0.1) is 0 Å². The molecule has 0 aromatic heterocycles. The van der Waals surface area contributed by atoms with E-state index in [1.54, 1.807) is 0 Å². The third-order valence-corrected chi connectivity index (χ3v) is 3.03. The van der Waals surface area contributed by atoms with Crippen molar-refractivity contribution in [2.24, 2.45) is 0 Å². The quantitative estimate of drug-likeness (QED) is 0.639. The molecule has 0 unspecified atom stereocenters. The standard InChI is InChI=1S/C16H26/c1-11(2)13-9-8-10-14(16(5,6)7)15(13)12(3)4/h8-12H,1-7H3/i11D. The lowest BCUT2D eigenvalue weighted by Gasteiger charge is -2.28. The van der Waals surface area contributed by atoms with Gasteiger partial charge in [0.2, 0.25) is 0 Å². The molecule has 0 saturated heterocycles. The highest BCUT2D eigenvalue weighted by atomic mass is 14.3. The minimum absolute atomic E-state index is 0.140. The molecule has 0 saturated carbocycles. The minimum Gasteiger partial charge on any atom is -0.0617 e. The summed E-state index contributed by atoms with van der Waals surface area (Å²) in [6.07, 6.45) is 0. The second kappa shape index (κ2) is 4.61. The highest BCUT2D eigenvalue weighted by Gasteiger charge is 2.22. The van der Waals surface area contributed by atoms with Gasteiger partial charge in [0.15, 0.2) is 0 Å². The van der Waals surface area contributed by atoms with Crippen LogP contribution in [0.5, 0.6) is 0 Å². The van der Waals surface area contributed by atoms with E-state index in [9.17, 15) is 0 Å². The molecule has 0 aliphatic rings. The molecule has 0 aliphatic carbocycles. The highest BCUT2D eigenvalue weighted by molar-refractivity contribution is 5.42. The van der Waals surface area contributed by atoms with E-state index in [-0.39, 0.29) is 5.41 Å². The molecule has 0 heteroatoms. The van der Waals surface area contributed by atoms with Crippen molar-refractivity contribution < 1.29 is 1.37 Å². The Morgan fingerprint density at radius 2 is 1.62 bits per heavy atom. The third kappa shape index (κ3) is 2.66. The fourth-order valence-electron chi connectivity index (χ4n) is 2.28. The van der Waals surface area contributed by atoms with Crippen molar-refractivity contribution in [3.63, 3.8) is 0 Å². The second-order valence-corrected chi connectivity index (χ2v) is 6.17. The van der Waals surface area contributed by atoms with Crippen LogP contribution in [-0.4, -0.2) is 0 Å². The predicted octanol–water partition coefficient (Wildman–Crippen LogP) is 5.23. The average molecular weight is 219 g/mol. The Labute approximate surface area is 102 Å². The normalized spacial score (nSPS) is 14.1. The molecule has 0 amide bonds. The van der Waals surface area contributed by atoms with E-state index in [4.69, 9.17) is 1.37 Å². The summed E-state index contributed by atoms with van der Waals surface area (Å²) in [7, 11) is 0.